The van der Waals surface area contributed by atoms with E-state index in [1.54, 1.807) is 0 Å². The fourth-order valence-electron chi connectivity index (χ4n) is 1.66. The summed E-state index contributed by atoms with van der Waals surface area (Å²) in [5.41, 5.74) is 8.68. The number of hydrogen-bond donors (Lipinski definition) is 2. The highest BCUT2D eigenvalue weighted by molar-refractivity contribution is 6.31. The van der Waals surface area contributed by atoms with E-state index in [1.807, 2.05) is 48.5 Å². The Morgan fingerprint density at radius 3 is 2.71 bits per heavy atom. The number of rotatable bonds is 5. The number of benzene rings is 2. The summed E-state index contributed by atoms with van der Waals surface area (Å²) >= 11 is 6.08. The SMILES string of the molecule is NC(=O)NN=Cc1ccccc1OCc1ccccc1Cl. The number of nitrogens with one attached hydrogen (secondary N) is 1. The van der Waals surface area contributed by atoms with Crippen molar-refractivity contribution in [2.45, 2.75) is 6.61 Å². The molecule has 6 heteroatoms. The van der Waals surface area contributed by atoms with Crippen molar-refractivity contribution in [2.75, 3.05) is 0 Å². The van der Waals surface area contributed by atoms with Crippen molar-refractivity contribution in [3.05, 3.63) is 64.7 Å². The second-order valence-electron chi connectivity index (χ2n) is 4.15. The zero-order chi connectivity index (χ0) is 15.1. The lowest BCUT2D eigenvalue weighted by molar-refractivity contribution is 0.249. The molecule has 0 bridgehead atoms. The lowest BCUT2D eigenvalue weighted by Crippen LogP contribution is -2.24. The minimum atomic E-state index is -0.722. The second-order valence-corrected chi connectivity index (χ2v) is 4.56. The Kier molecular flexibility index (Phi) is 5.17. The van der Waals surface area contributed by atoms with E-state index in [-0.39, 0.29) is 0 Å². The van der Waals surface area contributed by atoms with Gasteiger partial charge in [0.1, 0.15) is 12.4 Å². The van der Waals surface area contributed by atoms with Crippen molar-refractivity contribution < 1.29 is 9.53 Å². The summed E-state index contributed by atoms with van der Waals surface area (Å²) in [5, 5.41) is 4.37. The predicted octanol–water partition coefficient (Wildman–Crippen LogP) is 2.92. The molecule has 0 atom stereocenters. The number of nitrogens with zero attached hydrogens (tertiary/aromatic N) is 1. The van der Waals surface area contributed by atoms with Gasteiger partial charge in [-0.05, 0) is 18.2 Å². The van der Waals surface area contributed by atoms with Gasteiger partial charge < -0.3 is 10.5 Å². The molecule has 2 aromatic rings. The first-order chi connectivity index (χ1) is 10.2. The van der Waals surface area contributed by atoms with E-state index >= 15 is 0 Å². The molecule has 2 aromatic carbocycles. The van der Waals surface area contributed by atoms with Crippen molar-refractivity contribution >= 4 is 23.8 Å². The van der Waals surface area contributed by atoms with Gasteiger partial charge in [0.2, 0.25) is 0 Å². The molecular formula is C15H14ClN3O2. The van der Waals surface area contributed by atoms with Crippen LogP contribution in [-0.4, -0.2) is 12.2 Å². The van der Waals surface area contributed by atoms with Gasteiger partial charge in [0.05, 0.1) is 6.21 Å². The van der Waals surface area contributed by atoms with Crippen LogP contribution >= 0.6 is 11.6 Å². The van der Waals surface area contributed by atoms with E-state index in [1.165, 1.54) is 6.21 Å². The molecule has 108 valence electrons. The number of halogens is 1. The molecule has 5 nitrogen and oxygen atoms in total. The summed E-state index contributed by atoms with van der Waals surface area (Å²) < 4.78 is 5.74. The van der Waals surface area contributed by atoms with E-state index in [0.717, 1.165) is 11.1 Å². The Bertz CT molecular complexity index is 659. The van der Waals surface area contributed by atoms with Gasteiger partial charge in [-0.1, -0.05) is 41.9 Å². The van der Waals surface area contributed by atoms with Gasteiger partial charge in [-0.2, -0.15) is 5.10 Å². The number of hydrogen-bond acceptors (Lipinski definition) is 3. The average molecular weight is 304 g/mol. The molecule has 0 aromatic heterocycles. The Hall–Kier alpha value is -2.53. The quantitative estimate of drug-likeness (QED) is 0.658. The molecule has 0 saturated carbocycles. The zero-order valence-corrected chi connectivity index (χ0v) is 11.9. The van der Waals surface area contributed by atoms with E-state index in [2.05, 4.69) is 10.5 Å². The van der Waals surface area contributed by atoms with E-state index in [0.29, 0.717) is 17.4 Å². The Labute approximate surface area is 127 Å². The summed E-state index contributed by atoms with van der Waals surface area (Å²) in [6.07, 6.45) is 1.46. The number of amides is 2. The van der Waals surface area contributed by atoms with E-state index < -0.39 is 6.03 Å². The smallest absolute Gasteiger partial charge is 0.332 e. The number of carbonyl (C=O) groups is 1. The van der Waals surface area contributed by atoms with Crippen molar-refractivity contribution in [3.8, 4) is 5.75 Å². The lowest BCUT2D eigenvalue weighted by Gasteiger charge is -2.09. The van der Waals surface area contributed by atoms with Crippen LogP contribution in [0, 0.1) is 0 Å². The number of urea groups is 1. The minimum Gasteiger partial charge on any atom is -0.488 e. The van der Waals surface area contributed by atoms with Crippen molar-refractivity contribution in [2.24, 2.45) is 10.8 Å². The molecule has 0 fully saturated rings. The van der Waals surface area contributed by atoms with Gasteiger partial charge in [-0.3, -0.25) is 0 Å². The predicted molar refractivity (Wildman–Crippen MR) is 82.5 cm³/mol. The maximum atomic E-state index is 10.6. The minimum absolute atomic E-state index is 0.341. The summed E-state index contributed by atoms with van der Waals surface area (Å²) in [6, 6.07) is 14.1. The second kappa shape index (κ2) is 7.31. The maximum Gasteiger partial charge on any atom is 0.332 e. The summed E-state index contributed by atoms with van der Waals surface area (Å²) in [7, 11) is 0. The number of carbonyl (C=O) groups excluding carboxylic acids is 1. The summed E-state index contributed by atoms with van der Waals surface area (Å²) in [6.45, 7) is 0.341. The first kappa shape index (κ1) is 14.9. The first-order valence-corrected chi connectivity index (χ1v) is 6.58. The van der Waals surface area contributed by atoms with Crippen LogP contribution < -0.4 is 15.9 Å². The Morgan fingerprint density at radius 1 is 1.24 bits per heavy atom. The molecule has 0 spiro atoms. The lowest BCUT2D eigenvalue weighted by atomic mass is 10.2. The Morgan fingerprint density at radius 2 is 1.95 bits per heavy atom. The van der Waals surface area contributed by atoms with Crippen molar-refractivity contribution in [1.82, 2.24) is 5.43 Å². The molecule has 0 aliphatic rings. The largest absolute Gasteiger partial charge is 0.488 e. The number of para-hydroxylation sites is 1. The monoisotopic (exact) mass is 303 g/mol. The molecule has 0 radical (unpaired) electrons. The van der Waals surface area contributed by atoms with Gasteiger partial charge in [-0.15, -0.1) is 0 Å². The molecule has 0 aliphatic heterocycles. The molecule has 0 aliphatic carbocycles. The topological polar surface area (TPSA) is 76.7 Å². The third-order valence-electron chi connectivity index (χ3n) is 2.64. The fourth-order valence-corrected chi connectivity index (χ4v) is 1.85. The summed E-state index contributed by atoms with van der Waals surface area (Å²) in [5.74, 6) is 0.632. The van der Waals surface area contributed by atoms with Crippen LogP contribution in [0.15, 0.2) is 53.6 Å². The van der Waals surface area contributed by atoms with Gasteiger partial charge in [-0.25, -0.2) is 10.2 Å². The van der Waals surface area contributed by atoms with Crippen LogP contribution in [0.1, 0.15) is 11.1 Å². The highest BCUT2D eigenvalue weighted by Gasteiger charge is 2.03. The number of nitrogens with two attached hydrogens (primary N) is 1. The van der Waals surface area contributed by atoms with Crippen LogP contribution in [0.25, 0.3) is 0 Å². The van der Waals surface area contributed by atoms with Crippen LogP contribution in [-0.2, 0) is 6.61 Å². The molecule has 2 amide bonds. The summed E-state index contributed by atoms with van der Waals surface area (Å²) in [4.78, 5) is 10.6. The van der Waals surface area contributed by atoms with Gasteiger partial charge in [0, 0.05) is 16.1 Å². The molecule has 0 saturated heterocycles. The fraction of sp³-hybridized carbons (Fsp3) is 0.0667. The van der Waals surface area contributed by atoms with Crippen molar-refractivity contribution in [1.29, 1.82) is 0 Å². The molecular weight excluding hydrogens is 290 g/mol. The highest BCUT2D eigenvalue weighted by atomic mass is 35.5. The highest BCUT2D eigenvalue weighted by Crippen LogP contribution is 2.20. The van der Waals surface area contributed by atoms with Gasteiger partial charge in [0.15, 0.2) is 0 Å². The zero-order valence-electron chi connectivity index (χ0n) is 11.1. The number of ether oxygens (including phenoxy) is 1. The maximum absolute atomic E-state index is 10.6. The van der Waals surface area contributed by atoms with Crippen LogP contribution in [0.2, 0.25) is 5.02 Å². The van der Waals surface area contributed by atoms with Crippen LogP contribution in [0.4, 0.5) is 4.79 Å². The van der Waals surface area contributed by atoms with E-state index in [9.17, 15) is 4.79 Å². The van der Waals surface area contributed by atoms with E-state index in [4.69, 9.17) is 22.1 Å². The standard InChI is InChI=1S/C15H14ClN3O2/c16-13-7-3-1-6-12(13)10-21-14-8-4-2-5-11(14)9-18-19-15(17)20/h1-9H,10H2,(H3,17,19,20). The molecule has 3 N–H and O–H groups in total. The molecule has 0 heterocycles. The normalized spacial score (nSPS) is 10.5. The Balaban J connectivity index is 2.08. The third-order valence-corrected chi connectivity index (χ3v) is 3.01. The van der Waals surface area contributed by atoms with Crippen molar-refractivity contribution in [3.63, 3.8) is 0 Å². The van der Waals surface area contributed by atoms with Crippen LogP contribution in [0.3, 0.4) is 0 Å². The number of primary amides is 1. The number of hydrazone groups is 1. The molecule has 21 heavy (non-hydrogen) atoms. The molecule has 0 unspecified atom stereocenters. The van der Waals surface area contributed by atoms with Gasteiger partial charge >= 0.3 is 6.03 Å². The molecule has 2 rings (SSSR count). The van der Waals surface area contributed by atoms with Crippen LogP contribution in [0.5, 0.6) is 5.75 Å². The van der Waals surface area contributed by atoms with Gasteiger partial charge in [0.25, 0.3) is 0 Å². The first-order valence-electron chi connectivity index (χ1n) is 6.20. The third kappa shape index (κ3) is 4.50. The average Bonchev–Trinajstić information content (AvgIpc) is 2.47.